The van der Waals surface area contributed by atoms with Crippen molar-refractivity contribution in [3.63, 3.8) is 0 Å². The molecule has 1 aliphatic carbocycles. The molecule has 1 saturated heterocycles. The van der Waals surface area contributed by atoms with Gasteiger partial charge in [-0.1, -0.05) is 12.1 Å². The van der Waals surface area contributed by atoms with Crippen LogP contribution >= 0.6 is 24.0 Å². The van der Waals surface area contributed by atoms with Crippen LogP contribution in [0.15, 0.2) is 23.2 Å². The van der Waals surface area contributed by atoms with Gasteiger partial charge < -0.3 is 25.2 Å². The zero-order valence-corrected chi connectivity index (χ0v) is 21.3. The molecular formula is C23H40IN5O. The van der Waals surface area contributed by atoms with Gasteiger partial charge in [-0.05, 0) is 70.8 Å². The summed E-state index contributed by atoms with van der Waals surface area (Å²) in [5.74, 6) is 2.63. The third-order valence-electron chi connectivity index (χ3n) is 5.68. The minimum Gasteiger partial charge on any atom is -0.493 e. The van der Waals surface area contributed by atoms with Crippen LogP contribution in [0.4, 0.5) is 0 Å². The minimum atomic E-state index is 0. The fourth-order valence-corrected chi connectivity index (χ4v) is 3.58. The largest absolute Gasteiger partial charge is 0.493 e. The number of aliphatic imine (C=N–C) groups is 1. The van der Waals surface area contributed by atoms with E-state index in [1.807, 2.05) is 0 Å². The maximum atomic E-state index is 6.09. The number of hydrogen-bond acceptors (Lipinski definition) is 4. The van der Waals surface area contributed by atoms with Gasteiger partial charge in [-0.25, -0.2) is 4.99 Å². The molecule has 0 amide bonds. The molecule has 2 fully saturated rings. The van der Waals surface area contributed by atoms with Crippen molar-refractivity contribution >= 4 is 29.9 Å². The Bertz CT molecular complexity index is 665. The lowest BCUT2D eigenvalue weighted by Gasteiger charge is -2.21. The number of aryl methyl sites for hydroxylation is 1. The summed E-state index contributed by atoms with van der Waals surface area (Å²) in [4.78, 5) is 9.78. The predicted molar refractivity (Wildman–Crippen MR) is 136 cm³/mol. The van der Waals surface area contributed by atoms with E-state index >= 15 is 0 Å². The minimum absolute atomic E-state index is 0. The average Bonchev–Trinajstić information content (AvgIpc) is 3.54. The molecule has 0 radical (unpaired) electrons. The first-order valence-electron chi connectivity index (χ1n) is 11.3. The Morgan fingerprint density at radius 1 is 1.17 bits per heavy atom. The van der Waals surface area contributed by atoms with Crippen molar-refractivity contribution in [2.75, 3.05) is 59.5 Å². The van der Waals surface area contributed by atoms with Crippen LogP contribution in [0.25, 0.3) is 0 Å². The van der Waals surface area contributed by atoms with Crippen molar-refractivity contribution < 1.29 is 4.74 Å². The summed E-state index contributed by atoms with van der Waals surface area (Å²) in [6.45, 7) is 13.2. The van der Waals surface area contributed by atoms with Crippen molar-refractivity contribution in [3.05, 3.63) is 29.3 Å². The van der Waals surface area contributed by atoms with Gasteiger partial charge in [0.2, 0.25) is 0 Å². The third-order valence-corrected chi connectivity index (χ3v) is 5.68. The standard InChI is InChI=1S/C23H39N5O.HI/c1-4-24-23(25-10-13-28-12-5-11-27(3)14-15-28)26-17-21-9-6-19(2)16-22(21)29-18-20-7-8-20;/h6,9,16,20H,4-5,7-8,10-15,17-18H2,1-3H3,(H2,24,25,26);1H. The summed E-state index contributed by atoms with van der Waals surface area (Å²) in [7, 11) is 2.21. The van der Waals surface area contributed by atoms with Crippen molar-refractivity contribution in [2.24, 2.45) is 10.9 Å². The number of likely N-dealkylation sites (N-methyl/N-ethyl adjacent to an activating group) is 1. The Morgan fingerprint density at radius 3 is 2.77 bits per heavy atom. The second-order valence-corrected chi connectivity index (χ2v) is 8.49. The molecule has 1 aromatic rings. The fraction of sp³-hybridized carbons (Fsp3) is 0.696. The summed E-state index contributed by atoms with van der Waals surface area (Å²) < 4.78 is 6.09. The highest BCUT2D eigenvalue weighted by molar-refractivity contribution is 14.0. The van der Waals surface area contributed by atoms with Crippen molar-refractivity contribution in [1.82, 2.24) is 20.4 Å². The molecule has 30 heavy (non-hydrogen) atoms. The van der Waals surface area contributed by atoms with Gasteiger partial charge in [0.25, 0.3) is 0 Å². The molecule has 2 aliphatic rings. The summed E-state index contributed by atoms with van der Waals surface area (Å²) in [6, 6.07) is 6.44. The van der Waals surface area contributed by atoms with E-state index in [9.17, 15) is 0 Å². The molecule has 3 rings (SSSR count). The maximum Gasteiger partial charge on any atom is 0.191 e. The Labute approximate surface area is 199 Å². The van der Waals surface area contributed by atoms with E-state index in [1.165, 1.54) is 37.9 Å². The number of ether oxygens (including phenoxy) is 1. The molecule has 0 spiro atoms. The van der Waals surface area contributed by atoms with E-state index in [1.54, 1.807) is 0 Å². The second kappa shape index (κ2) is 13.4. The van der Waals surface area contributed by atoms with E-state index in [0.717, 1.165) is 62.5 Å². The SMILES string of the molecule is CCNC(=NCc1ccc(C)cc1OCC1CC1)NCCN1CCCN(C)CC1.I. The van der Waals surface area contributed by atoms with Crippen molar-refractivity contribution in [3.8, 4) is 5.75 Å². The smallest absolute Gasteiger partial charge is 0.191 e. The lowest BCUT2D eigenvalue weighted by atomic mass is 10.1. The van der Waals surface area contributed by atoms with E-state index in [0.29, 0.717) is 6.54 Å². The summed E-state index contributed by atoms with van der Waals surface area (Å²) in [6.07, 6.45) is 3.86. The van der Waals surface area contributed by atoms with E-state index < -0.39 is 0 Å². The Balaban J connectivity index is 0.00000320. The van der Waals surface area contributed by atoms with Crippen LogP contribution in [0.1, 0.15) is 37.3 Å². The van der Waals surface area contributed by atoms with Gasteiger partial charge >= 0.3 is 0 Å². The number of guanidine groups is 1. The molecule has 0 atom stereocenters. The lowest BCUT2D eigenvalue weighted by Crippen LogP contribution is -2.42. The Hall–Kier alpha value is -1.06. The monoisotopic (exact) mass is 529 g/mol. The Kier molecular flexibility index (Phi) is 11.2. The molecule has 1 saturated carbocycles. The average molecular weight is 530 g/mol. The quantitative estimate of drug-likeness (QED) is 0.293. The number of hydrogen-bond donors (Lipinski definition) is 2. The topological polar surface area (TPSA) is 52.1 Å². The van der Waals surface area contributed by atoms with Crippen molar-refractivity contribution in [1.29, 1.82) is 0 Å². The summed E-state index contributed by atoms with van der Waals surface area (Å²) >= 11 is 0. The van der Waals surface area contributed by atoms with Crippen LogP contribution in [-0.4, -0.2) is 75.2 Å². The first-order valence-corrected chi connectivity index (χ1v) is 11.3. The molecule has 7 heteroatoms. The molecule has 1 aliphatic heterocycles. The molecule has 0 unspecified atom stereocenters. The van der Waals surface area contributed by atoms with Gasteiger partial charge in [-0.15, -0.1) is 24.0 Å². The van der Waals surface area contributed by atoms with Gasteiger partial charge in [-0.3, -0.25) is 0 Å². The van der Waals surface area contributed by atoms with Crippen LogP contribution in [0.5, 0.6) is 5.75 Å². The molecule has 0 bridgehead atoms. The fourth-order valence-electron chi connectivity index (χ4n) is 3.58. The number of nitrogens with one attached hydrogen (secondary N) is 2. The van der Waals surface area contributed by atoms with Crippen LogP contribution < -0.4 is 15.4 Å². The van der Waals surface area contributed by atoms with Gasteiger partial charge in [0.05, 0.1) is 13.2 Å². The van der Waals surface area contributed by atoms with Crippen LogP contribution in [0, 0.1) is 12.8 Å². The molecule has 6 nitrogen and oxygen atoms in total. The van der Waals surface area contributed by atoms with Crippen LogP contribution in [-0.2, 0) is 6.54 Å². The van der Waals surface area contributed by atoms with Crippen molar-refractivity contribution in [2.45, 2.75) is 39.7 Å². The van der Waals surface area contributed by atoms with Gasteiger partial charge in [0.1, 0.15) is 5.75 Å². The molecule has 170 valence electrons. The predicted octanol–water partition coefficient (Wildman–Crippen LogP) is 3.09. The zero-order valence-electron chi connectivity index (χ0n) is 19.0. The zero-order chi connectivity index (χ0) is 20.5. The van der Waals surface area contributed by atoms with E-state index in [4.69, 9.17) is 9.73 Å². The third kappa shape index (κ3) is 8.98. The number of halogens is 1. The van der Waals surface area contributed by atoms with Gasteiger partial charge in [-0.2, -0.15) is 0 Å². The normalized spacial score (nSPS) is 18.4. The van der Waals surface area contributed by atoms with Crippen LogP contribution in [0.3, 0.4) is 0 Å². The summed E-state index contributed by atoms with van der Waals surface area (Å²) in [5, 5.41) is 6.88. The molecule has 2 N–H and O–H groups in total. The Morgan fingerprint density at radius 2 is 2.00 bits per heavy atom. The highest BCUT2D eigenvalue weighted by Gasteiger charge is 2.22. The number of nitrogens with zero attached hydrogens (tertiary/aromatic N) is 3. The first kappa shape index (κ1) is 25.2. The molecule has 1 aromatic carbocycles. The van der Waals surface area contributed by atoms with E-state index in [2.05, 4.69) is 59.5 Å². The highest BCUT2D eigenvalue weighted by atomic mass is 127. The number of rotatable bonds is 9. The van der Waals surface area contributed by atoms with E-state index in [-0.39, 0.29) is 24.0 Å². The molecule has 0 aromatic heterocycles. The highest BCUT2D eigenvalue weighted by Crippen LogP contribution is 2.30. The maximum absolute atomic E-state index is 6.09. The number of benzene rings is 1. The summed E-state index contributed by atoms with van der Waals surface area (Å²) in [5.41, 5.74) is 2.39. The molecular weight excluding hydrogens is 489 g/mol. The molecule has 1 heterocycles. The first-order chi connectivity index (χ1) is 14.1. The van der Waals surface area contributed by atoms with Gasteiger partial charge in [0.15, 0.2) is 5.96 Å². The van der Waals surface area contributed by atoms with Gasteiger partial charge in [0, 0.05) is 38.3 Å². The second-order valence-electron chi connectivity index (χ2n) is 8.49. The van der Waals surface area contributed by atoms with Crippen LogP contribution in [0.2, 0.25) is 0 Å². The lowest BCUT2D eigenvalue weighted by molar-refractivity contribution is 0.280.